The van der Waals surface area contributed by atoms with Crippen LogP contribution in [0, 0.1) is 0 Å². The van der Waals surface area contributed by atoms with Crippen LogP contribution < -0.4 is 5.32 Å². The van der Waals surface area contributed by atoms with Crippen LogP contribution in [0.25, 0.3) is 0 Å². The van der Waals surface area contributed by atoms with Crippen LogP contribution in [-0.2, 0) is 24.4 Å². The summed E-state index contributed by atoms with van der Waals surface area (Å²) in [7, 11) is 2.19. The third-order valence-corrected chi connectivity index (χ3v) is 4.24. The number of fused-ring (bicyclic) bond motifs is 1. The maximum absolute atomic E-state index is 5.67. The number of ether oxygens (including phenoxy) is 1. The van der Waals surface area contributed by atoms with Crippen molar-refractivity contribution in [3.63, 3.8) is 0 Å². The molecule has 0 saturated carbocycles. The van der Waals surface area contributed by atoms with Gasteiger partial charge in [-0.2, -0.15) is 5.10 Å². The lowest BCUT2D eigenvalue weighted by molar-refractivity contribution is 0.0994. The predicted octanol–water partition coefficient (Wildman–Crippen LogP) is 2.22. The SMILES string of the molecule is CN(CCCC1CCCO1)Cc1cc2n(n1)CCNC2.Cl.Cl. The van der Waals surface area contributed by atoms with Crippen LogP contribution in [0.4, 0.5) is 0 Å². The number of nitrogens with one attached hydrogen (secondary N) is 1. The summed E-state index contributed by atoms with van der Waals surface area (Å²) in [6.45, 7) is 6.03. The van der Waals surface area contributed by atoms with Gasteiger partial charge < -0.3 is 15.0 Å². The van der Waals surface area contributed by atoms with Crippen molar-refractivity contribution in [3.05, 3.63) is 17.5 Å². The minimum absolute atomic E-state index is 0. The Hall–Kier alpha value is -0.330. The first kappa shape index (κ1) is 19.7. The van der Waals surface area contributed by atoms with Gasteiger partial charge in [0.05, 0.1) is 24.0 Å². The van der Waals surface area contributed by atoms with Crippen LogP contribution in [0.2, 0.25) is 0 Å². The molecule has 1 aromatic heterocycles. The smallest absolute Gasteiger partial charge is 0.0768 e. The summed E-state index contributed by atoms with van der Waals surface area (Å²) in [6, 6.07) is 2.24. The topological polar surface area (TPSA) is 42.3 Å². The van der Waals surface area contributed by atoms with E-state index in [0.29, 0.717) is 6.10 Å². The quantitative estimate of drug-likeness (QED) is 0.854. The van der Waals surface area contributed by atoms with Crippen LogP contribution in [0.15, 0.2) is 6.07 Å². The first-order chi connectivity index (χ1) is 9.81. The molecule has 5 nitrogen and oxygen atoms in total. The molecular weight excluding hydrogens is 323 g/mol. The van der Waals surface area contributed by atoms with E-state index in [1.807, 2.05) is 0 Å². The fourth-order valence-corrected chi connectivity index (χ4v) is 3.15. The largest absolute Gasteiger partial charge is 0.378 e. The van der Waals surface area contributed by atoms with Gasteiger partial charge in [-0.15, -0.1) is 24.8 Å². The summed E-state index contributed by atoms with van der Waals surface area (Å²) >= 11 is 0. The van der Waals surface area contributed by atoms with Gasteiger partial charge in [0.1, 0.15) is 0 Å². The highest BCUT2D eigenvalue weighted by atomic mass is 35.5. The Morgan fingerprint density at radius 3 is 3.05 bits per heavy atom. The Morgan fingerprint density at radius 1 is 1.45 bits per heavy atom. The Labute approximate surface area is 145 Å². The van der Waals surface area contributed by atoms with Gasteiger partial charge in [-0.1, -0.05) is 0 Å². The standard InChI is InChI=1S/C15H26N4O.2ClH/c1-18(7-2-4-15-5-3-9-20-15)12-13-10-14-11-16-6-8-19(14)17-13;;/h10,15-16H,2-9,11-12H2,1H3;2*1H. The van der Waals surface area contributed by atoms with E-state index in [4.69, 9.17) is 4.74 Å². The van der Waals surface area contributed by atoms with Gasteiger partial charge in [0.2, 0.25) is 0 Å². The van der Waals surface area contributed by atoms with E-state index >= 15 is 0 Å². The molecule has 3 heterocycles. The zero-order valence-electron chi connectivity index (χ0n) is 13.3. The molecular formula is C15H28Cl2N4O. The Morgan fingerprint density at radius 2 is 2.32 bits per heavy atom. The van der Waals surface area contributed by atoms with E-state index in [1.54, 1.807) is 0 Å². The predicted molar refractivity (Wildman–Crippen MR) is 93.0 cm³/mol. The molecule has 2 aliphatic heterocycles. The van der Waals surface area contributed by atoms with Gasteiger partial charge in [-0.05, 0) is 45.3 Å². The minimum atomic E-state index is 0. The van der Waals surface area contributed by atoms with Crippen molar-refractivity contribution >= 4 is 24.8 Å². The fourth-order valence-electron chi connectivity index (χ4n) is 3.15. The average molecular weight is 351 g/mol. The van der Waals surface area contributed by atoms with E-state index in [0.717, 1.165) is 39.3 Å². The first-order valence-electron chi connectivity index (χ1n) is 7.88. The Kier molecular flexibility index (Phi) is 8.72. The lowest BCUT2D eigenvalue weighted by atomic mass is 10.1. The number of halogens is 2. The number of hydrogen-bond acceptors (Lipinski definition) is 4. The molecule has 0 aliphatic carbocycles. The summed E-state index contributed by atoms with van der Waals surface area (Å²) in [5.74, 6) is 0. The van der Waals surface area contributed by atoms with Gasteiger partial charge in [0.15, 0.2) is 0 Å². The maximum atomic E-state index is 5.67. The van der Waals surface area contributed by atoms with Crippen LogP contribution in [0.5, 0.6) is 0 Å². The molecule has 1 saturated heterocycles. The monoisotopic (exact) mass is 350 g/mol. The molecule has 1 fully saturated rings. The normalized spacial score (nSPS) is 20.4. The number of hydrogen-bond donors (Lipinski definition) is 1. The molecule has 3 rings (SSSR count). The highest BCUT2D eigenvalue weighted by molar-refractivity contribution is 5.85. The fraction of sp³-hybridized carbons (Fsp3) is 0.800. The third kappa shape index (κ3) is 5.39. The summed E-state index contributed by atoms with van der Waals surface area (Å²) < 4.78 is 7.81. The van der Waals surface area contributed by atoms with E-state index in [9.17, 15) is 0 Å². The van der Waals surface area contributed by atoms with Crippen LogP contribution in [-0.4, -0.2) is 47.5 Å². The minimum Gasteiger partial charge on any atom is -0.378 e. The van der Waals surface area contributed by atoms with Crippen molar-refractivity contribution in [1.82, 2.24) is 20.0 Å². The Bertz CT molecular complexity index is 412. The summed E-state index contributed by atoms with van der Waals surface area (Å²) in [5, 5.41) is 8.07. The van der Waals surface area contributed by atoms with E-state index in [1.165, 1.54) is 37.1 Å². The lowest BCUT2D eigenvalue weighted by Crippen LogP contribution is -2.28. The maximum Gasteiger partial charge on any atom is 0.0768 e. The van der Waals surface area contributed by atoms with Crippen molar-refractivity contribution in [1.29, 1.82) is 0 Å². The highest BCUT2D eigenvalue weighted by Crippen LogP contribution is 2.17. The van der Waals surface area contributed by atoms with E-state index in [-0.39, 0.29) is 24.8 Å². The summed E-state index contributed by atoms with van der Waals surface area (Å²) in [5.41, 5.74) is 2.52. The molecule has 22 heavy (non-hydrogen) atoms. The molecule has 1 unspecified atom stereocenters. The molecule has 1 N–H and O–H groups in total. The number of aromatic nitrogens is 2. The molecule has 128 valence electrons. The van der Waals surface area contributed by atoms with Gasteiger partial charge in [-0.25, -0.2) is 0 Å². The molecule has 1 aromatic rings. The van der Waals surface area contributed by atoms with E-state index in [2.05, 4.69) is 33.1 Å². The van der Waals surface area contributed by atoms with Crippen molar-refractivity contribution in [2.75, 3.05) is 26.7 Å². The van der Waals surface area contributed by atoms with Crippen molar-refractivity contribution < 1.29 is 4.74 Å². The van der Waals surface area contributed by atoms with Gasteiger partial charge >= 0.3 is 0 Å². The van der Waals surface area contributed by atoms with Crippen LogP contribution in [0.3, 0.4) is 0 Å². The molecule has 0 spiro atoms. The summed E-state index contributed by atoms with van der Waals surface area (Å²) in [4.78, 5) is 2.37. The zero-order valence-corrected chi connectivity index (χ0v) is 14.9. The highest BCUT2D eigenvalue weighted by Gasteiger charge is 2.16. The molecule has 0 radical (unpaired) electrons. The van der Waals surface area contributed by atoms with Gasteiger partial charge in [0, 0.05) is 26.2 Å². The second-order valence-electron chi connectivity index (χ2n) is 6.04. The molecule has 2 aliphatic rings. The Balaban J connectivity index is 0.00000121. The summed E-state index contributed by atoms with van der Waals surface area (Å²) in [6.07, 6.45) is 5.44. The number of rotatable bonds is 6. The lowest BCUT2D eigenvalue weighted by Gasteiger charge is -2.16. The van der Waals surface area contributed by atoms with E-state index < -0.39 is 0 Å². The zero-order chi connectivity index (χ0) is 13.8. The van der Waals surface area contributed by atoms with Crippen molar-refractivity contribution in [3.8, 4) is 0 Å². The molecule has 0 amide bonds. The third-order valence-electron chi connectivity index (χ3n) is 4.24. The van der Waals surface area contributed by atoms with Crippen LogP contribution >= 0.6 is 24.8 Å². The molecule has 0 aromatic carbocycles. The van der Waals surface area contributed by atoms with Gasteiger partial charge in [-0.3, -0.25) is 4.68 Å². The molecule has 1 atom stereocenters. The van der Waals surface area contributed by atoms with Crippen molar-refractivity contribution in [2.24, 2.45) is 0 Å². The second kappa shape index (κ2) is 9.73. The first-order valence-corrected chi connectivity index (χ1v) is 7.88. The van der Waals surface area contributed by atoms with Crippen LogP contribution in [0.1, 0.15) is 37.1 Å². The molecule has 7 heteroatoms. The average Bonchev–Trinajstić information content (AvgIpc) is 3.06. The second-order valence-corrected chi connectivity index (χ2v) is 6.04. The molecule has 0 bridgehead atoms. The van der Waals surface area contributed by atoms with Crippen molar-refractivity contribution in [2.45, 2.75) is 51.4 Å². The van der Waals surface area contributed by atoms with Gasteiger partial charge in [0.25, 0.3) is 0 Å². The number of nitrogens with zero attached hydrogens (tertiary/aromatic N) is 3.